The molecule has 1 spiro atoms. The average molecular weight is 513 g/mol. The second-order valence-corrected chi connectivity index (χ2v) is 10.7. The Morgan fingerprint density at radius 2 is 1.84 bits per heavy atom. The van der Waals surface area contributed by atoms with Crippen molar-refractivity contribution in [2.24, 2.45) is 5.92 Å². The molecule has 0 aliphatic heterocycles. The lowest BCUT2D eigenvalue weighted by atomic mass is 9.67. The van der Waals surface area contributed by atoms with Gasteiger partial charge in [-0.05, 0) is 103 Å². The third-order valence-electron chi connectivity index (χ3n) is 8.27. The lowest BCUT2D eigenvalue weighted by Crippen LogP contribution is -2.32. The van der Waals surface area contributed by atoms with Gasteiger partial charge in [0.05, 0.1) is 18.9 Å². The Hall–Kier alpha value is -3.67. The molecule has 0 unspecified atom stereocenters. The van der Waals surface area contributed by atoms with E-state index in [1.165, 1.54) is 11.1 Å². The van der Waals surface area contributed by atoms with Gasteiger partial charge in [0.15, 0.2) is 0 Å². The Kier molecular flexibility index (Phi) is 8.06. The number of fused-ring (bicyclic) bond motifs is 2. The minimum Gasteiger partial charge on any atom is -0.494 e. The number of rotatable bonds is 10. The number of carboxylic acids is 1. The van der Waals surface area contributed by atoms with Gasteiger partial charge >= 0.3 is 5.97 Å². The van der Waals surface area contributed by atoms with Crippen molar-refractivity contribution in [3.8, 4) is 16.9 Å². The highest BCUT2D eigenvalue weighted by atomic mass is 16.5. The molecule has 2 aliphatic carbocycles. The molecule has 2 aliphatic rings. The maximum Gasteiger partial charge on any atom is 0.306 e. The van der Waals surface area contributed by atoms with Crippen LogP contribution in [0.3, 0.4) is 0 Å². The maximum atomic E-state index is 12.4. The molecule has 1 fully saturated rings. The minimum atomic E-state index is -0.652. The molecule has 3 aromatic rings. The van der Waals surface area contributed by atoms with E-state index in [0.717, 1.165) is 73.8 Å². The number of carbonyl (C=O) groups excluding carboxylic acids is 1. The summed E-state index contributed by atoms with van der Waals surface area (Å²) in [6.07, 6.45) is 11.3. The molecule has 6 nitrogen and oxygen atoms in total. The van der Waals surface area contributed by atoms with E-state index in [-0.39, 0.29) is 17.2 Å². The van der Waals surface area contributed by atoms with Crippen LogP contribution >= 0.6 is 0 Å². The molecule has 38 heavy (non-hydrogen) atoms. The van der Waals surface area contributed by atoms with E-state index in [0.29, 0.717) is 19.6 Å². The summed E-state index contributed by atoms with van der Waals surface area (Å²) in [5.74, 6) is 0.0710. The Morgan fingerprint density at radius 3 is 2.63 bits per heavy atom. The van der Waals surface area contributed by atoms with Gasteiger partial charge in [-0.3, -0.25) is 14.6 Å². The van der Waals surface area contributed by atoms with Crippen LogP contribution < -0.4 is 10.1 Å². The van der Waals surface area contributed by atoms with Crippen molar-refractivity contribution < 1.29 is 19.4 Å². The smallest absolute Gasteiger partial charge is 0.306 e. The van der Waals surface area contributed by atoms with E-state index < -0.39 is 5.97 Å². The molecule has 0 atom stereocenters. The highest BCUT2D eigenvalue weighted by Crippen LogP contribution is 2.50. The number of aliphatic carboxylic acids is 1. The van der Waals surface area contributed by atoms with Gasteiger partial charge in [-0.1, -0.05) is 36.4 Å². The standard InChI is InChI=1S/C32H36N2O4/c35-30(20-23-5-3-6-26(19-23)27-7-4-16-33-22-27)34-17-1-2-18-38-28-9-8-24-10-13-32(29(24)21-28)14-11-25(12-15-32)31(36)37/h3-9,16,19,21-22,25H,1-2,10-15,17-18,20H2,(H,34,35)(H,36,37). The Bertz CT molecular complexity index is 1270. The lowest BCUT2D eigenvalue weighted by Gasteiger charge is -2.37. The minimum absolute atomic E-state index is 0.0239. The summed E-state index contributed by atoms with van der Waals surface area (Å²) in [5.41, 5.74) is 5.98. The molecular formula is C32H36N2O4. The first-order valence-electron chi connectivity index (χ1n) is 13.8. The van der Waals surface area contributed by atoms with Gasteiger partial charge < -0.3 is 15.2 Å². The molecule has 0 bridgehead atoms. The topological polar surface area (TPSA) is 88.5 Å². The molecule has 2 N–H and O–H groups in total. The zero-order valence-electron chi connectivity index (χ0n) is 21.8. The quantitative estimate of drug-likeness (QED) is 0.339. The van der Waals surface area contributed by atoms with Crippen molar-refractivity contribution in [3.63, 3.8) is 0 Å². The Morgan fingerprint density at radius 1 is 1.00 bits per heavy atom. The van der Waals surface area contributed by atoms with Gasteiger partial charge in [-0.15, -0.1) is 0 Å². The monoisotopic (exact) mass is 512 g/mol. The van der Waals surface area contributed by atoms with Crippen LogP contribution in [0.2, 0.25) is 0 Å². The number of hydrogen-bond donors (Lipinski definition) is 2. The third-order valence-corrected chi connectivity index (χ3v) is 8.27. The molecule has 1 saturated carbocycles. The van der Waals surface area contributed by atoms with Crippen LogP contribution in [0.15, 0.2) is 67.0 Å². The number of nitrogens with one attached hydrogen (secondary N) is 1. The first kappa shape index (κ1) is 26.0. The van der Waals surface area contributed by atoms with Gasteiger partial charge in [-0.25, -0.2) is 0 Å². The first-order chi connectivity index (χ1) is 18.5. The Balaban J connectivity index is 1.04. The van der Waals surface area contributed by atoms with Crippen molar-refractivity contribution in [1.29, 1.82) is 0 Å². The van der Waals surface area contributed by atoms with E-state index >= 15 is 0 Å². The highest BCUT2D eigenvalue weighted by molar-refractivity contribution is 5.79. The summed E-state index contributed by atoms with van der Waals surface area (Å²) in [4.78, 5) is 28.0. The van der Waals surface area contributed by atoms with Crippen molar-refractivity contribution in [3.05, 3.63) is 83.7 Å². The summed E-state index contributed by atoms with van der Waals surface area (Å²) < 4.78 is 6.07. The van der Waals surface area contributed by atoms with E-state index in [4.69, 9.17) is 4.74 Å². The highest BCUT2D eigenvalue weighted by Gasteiger charge is 2.43. The summed E-state index contributed by atoms with van der Waals surface area (Å²) in [6, 6.07) is 18.4. The summed E-state index contributed by atoms with van der Waals surface area (Å²) in [5, 5.41) is 12.4. The van der Waals surface area contributed by atoms with Crippen LogP contribution in [0.25, 0.3) is 11.1 Å². The number of amides is 1. The SMILES string of the molecule is O=C(Cc1cccc(-c2cccnc2)c1)NCCCCOc1ccc2c(c1)C1(CC2)CCC(C(=O)O)CC1. The maximum absolute atomic E-state index is 12.4. The molecule has 198 valence electrons. The summed E-state index contributed by atoms with van der Waals surface area (Å²) in [6.45, 7) is 1.23. The second-order valence-electron chi connectivity index (χ2n) is 10.7. The average Bonchev–Trinajstić information content (AvgIpc) is 3.28. The molecule has 0 saturated heterocycles. The van der Waals surface area contributed by atoms with Gasteiger partial charge in [0.1, 0.15) is 5.75 Å². The number of pyridine rings is 1. The normalized spacial score (nSPS) is 20.2. The molecule has 6 heteroatoms. The number of hydrogen-bond acceptors (Lipinski definition) is 4. The lowest BCUT2D eigenvalue weighted by molar-refractivity contribution is -0.143. The van der Waals surface area contributed by atoms with Crippen LogP contribution in [-0.4, -0.2) is 35.1 Å². The third kappa shape index (κ3) is 6.07. The van der Waals surface area contributed by atoms with E-state index in [1.54, 1.807) is 6.20 Å². The number of carboxylic acid groups (broad SMARTS) is 1. The zero-order chi connectivity index (χ0) is 26.4. The molecule has 2 aromatic carbocycles. The van der Waals surface area contributed by atoms with Gasteiger partial charge in [0.25, 0.3) is 0 Å². The predicted molar refractivity (Wildman–Crippen MR) is 147 cm³/mol. The number of benzene rings is 2. The van der Waals surface area contributed by atoms with Crippen molar-refractivity contribution in [2.75, 3.05) is 13.2 Å². The first-order valence-corrected chi connectivity index (χ1v) is 13.8. The van der Waals surface area contributed by atoms with Crippen LogP contribution in [0, 0.1) is 5.92 Å². The van der Waals surface area contributed by atoms with Crippen LogP contribution in [0.5, 0.6) is 5.75 Å². The fourth-order valence-corrected chi connectivity index (χ4v) is 6.09. The van der Waals surface area contributed by atoms with Gasteiger partial charge in [0, 0.05) is 18.9 Å². The number of carbonyl (C=O) groups is 2. The zero-order valence-corrected chi connectivity index (χ0v) is 21.8. The van der Waals surface area contributed by atoms with Crippen LogP contribution in [0.1, 0.15) is 61.6 Å². The predicted octanol–water partition coefficient (Wildman–Crippen LogP) is 5.73. The van der Waals surface area contributed by atoms with E-state index in [9.17, 15) is 14.7 Å². The summed E-state index contributed by atoms with van der Waals surface area (Å²) >= 11 is 0. The number of unbranched alkanes of at least 4 members (excludes halogenated alkanes) is 1. The molecule has 1 aromatic heterocycles. The number of aryl methyl sites for hydroxylation is 1. The van der Waals surface area contributed by atoms with Crippen molar-refractivity contribution in [2.45, 2.75) is 63.2 Å². The molecule has 1 heterocycles. The van der Waals surface area contributed by atoms with E-state index in [1.807, 2.05) is 42.6 Å². The molecule has 0 radical (unpaired) electrons. The largest absolute Gasteiger partial charge is 0.494 e. The van der Waals surface area contributed by atoms with Crippen molar-refractivity contribution in [1.82, 2.24) is 10.3 Å². The Labute approximate surface area is 224 Å². The number of nitrogens with zero attached hydrogens (tertiary/aromatic N) is 1. The number of ether oxygens (including phenoxy) is 1. The summed E-state index contributed by atoms with van der Waals surface area (Å²) in [7, 11) is 0. The fourth-order valence-electron chi connectivity index (χ4n) is 6.09. The second kappa shape index (κ2) is 11.8. The fraction of sp³-hybridized carbons (Fsp3) is 0.406. The van der Waals surface area contributed by atoms with Gasteiger partial charge in [0.2, 0.25) is 5.91 Å². The number of aromatic nitrogens is 1. The molecular weight excluding hydrogens is 476 g/mol. The van der Waals surface area contributed by atoms with E-state index in [2.05, 4.69) is 28.5 Å². The molecule has 1 amide bonds. The van der Waals surface area contributed by atoms with Gasteiger partial charge in [-0.2, -0.15) is 0 Å². The van der Waals surface area contributed by atoms with Crippen LogP contribution in [-0.2, 0) is 27.8 Å². The van der Waals surface area contributed by atoms with Crippen molar-refractivity contribution >= 4 is 11.9 Å². The molecule has 5 rings (SSSR count). The van der Waals surface area contributed by atoms with Crippen LogP contribution in [0.4, 0.5) is 0 Å².